The molecule has 0 aliphatic carbocycles. The number of fused-ring (bicyclic) bond motifs is 1. The third-order valence-corrected chi connectivity index (χ3v) is 9.20. The lowest BCUT2D eigenvalue weighted by atomic mass is 10.1. The molecular formula is C18H13F9N2O8S3. The summed E-state index contributed by atoms with van der Waals surface area (Å²) in [7, 11) is -22.7. The van der Waals surface area contributed by atoms with Gasteiger partial charge in [0, 0.05) is 22.0 Å². The number of sulfonamides is 2. The van der Waals surface area contributed by atoms with Crippen molar-refractivity contribution in [2.75, 3.05) is 5.32 Å². The summed E-state index contributed by atoms with van der Waals surface area (Å²) < 4.78 is 194. The standard InChI is InChI=1S/C18H13F9N2O8S3/c1-9(2)14(30)28-12-7-3-6-11-10(12)5-4-8-13(11)37-40(35,36)17(23,24)15(19,20)16(21,22)38(31,32)29-39(33,34)18(25,26)27/h3-8,29H,1H2,2H3,(H,28,30). The van der Waals surface area contributed by atoms with Gasteiger partial charge in [0.2, 0.25) is 0 Å². The number of halogens is 9. The molecule has 0 saturated heterocycles. The van der Waals surface area contributed by atoms with Crippen molar-refractivity contribution < 1.29 is 73.7 Å². The second-order valence-corrected chi connectivity index (χ2v) is 12.8. The van der Waals surface area contributed by atoms with Crippen LogP contribution in [0.3, 0.4) is 0 Å². The van der Waals surface area contributed by atoms with E-state index < -0.39 is 73.3 Å². The summed E-state index contributed by atoms with van der Waals surface area (Å²) in [6, 6.07) is 5.81. The molecule has 40 heavy (non-hydrogen) atoms. The highest BCUT2D eigenvalue weighted by Gasteiger charge is 2.83. The highest BCUT2D eigenvalue weighted by molar-refractivity contribution is 8.05. The number of rotatable bonds is 10. The smallest absolute Gasteiger partial charge is 0.377 e. The fourth-order valence-corrected chi connectivity index (χ4v) is 6.01. The van der Waals surface area contributed by atoms with Crippen molar-refractivity contribution >= 4 is 52.5 Å². The molecule has 10 nitrogen and oxygen atoms in total. The monoisotopic (exact) mass is 652 g/mol. The Morgan fingerprint density at radius 3 is 1.77 bits per heavy atom. The zero-order valence-corrected chi connectivity index (χ0v) is 21.5. The van der Waals surface area contributed by atoms with Gasteiger partial charge in [0.05, 0.1) is 0 Å². The van der Waals surface area contributed by atoms with E-state index in [2.05, 4.69) is 16.1 Å². The van der Waals surface area contributed by atoms with E-state index in [9.17, 15) is 69.6 Å². The van der Waals surface area contributed by atoms with Crippen molar-refractivity contribution in [2.45, 2.75) is 28.9 Å². The van der Waals surface area contributed by atoms with E-state index in [1.54, 1.807) is 0 Å². The summed E-state index contributed by atoms with van der Waals surface area (Å²) in [6.45, 7) is 4.63. The lowest BCUT2D eigenvalue weighted by molar-refractivity contribution is -0.245. The van der Waals surface area contributed by atoms with Crippen LogP contribution in [-0.4, -0.2) is 53.1 Å². The fourth-order valence-electron chi connectivity index (χ4n) is 2.60. The summed E-state index contributed by atoms with van der Waals surface area (Å²) in [5.74, 6) is -9.65. The number of nitrogens with one attached hydrogen (secondary N) is 2. The number of alkyl halides is 9. The molecule has 22 heteroatoms. The Balaban J connectivity index is 2.59. The average Bonchev–Trinajstić information content (AvgIpc) is 2.77. The molecule has 0 aliphatic heterocycles. The molecule has 0 spiro atoms. The van der Waals surface area contributed by atoms with Gasteiger partial charge in [-0.15, -0.1) is 0 Å². The quantitative estimate of drug-likeness (QED) is 0.224. The molecule has 0 heterocycles. The van der Waals surface area contributed by atoms with Crippen molar-refractivity contribution in [3.8, 4) is 5.75 Å². The van der Waals surface area contributed by atoms with Crippen LogP contribution in [0.15, 0.2) is 48.6 Å². The van der Waals surface area contributed by atoms with Gasteiger partial charge in [-0.2, -0.15) is 47.9 Å². The third kappa shape index (κ3) is 5.56. The summed E-state index contributed by atoms with van der Waals surface area (Å²) in [5, 5.41) is -13.1. The lowest BCUT2D eigenvalue weighted by Crippen LogP contribution is -2.64. The highest BCUT2D eigenvalue weighted by atomic mass is 32.3. The number of amides is 1. The van der Waals surface area contributed by atoms with Gasteiger partial charge < -0.3 is 9.50 Å². The number of hydrogen-bond acceptors (Lipinski definition) is 8. The lowest BCUT2D eigenvalue weighted by Gasteiger charge is -2.31. The van der Waals surface area contributed by atoms with Gasteiger partial charge in [-0.25, -0.2) is 16.8 Å². The molecule has 0 saturated carbocycles. The topological polar surface area (TPSA) is 153 Å². The third-order valence-electron chi connectivity index (χ3n) is 4.62. The molecule has 0 aliphatic rings. The fraction of sp³-hybridized carbons (Fsp3) is 0.278. The Morgan fingerprint density at radius 1 is 0.775 bits per heavy atom. The number of hydrogen-bond donors (Lipinski definition) is 2. The molecule has 1 amide bonds. The normalized spacial score (nSPS) is 14.2. The first-order valence-corrected chi connectivity index (χ1v) is 14.0. The van der Waals surface area contributed by atoms with Gasteiger partial charge in [-0.1, -0.05) is 35.0 Å². The number of benzene rings is 2. The Hall–Kier alpha value is -3.11. The van der Waals surface area contributed by atoms with Crippen LogP contribution < -0.4 is 13.6 Å². The molecule has 2 rings (SSSR count). The highest BCUT2D eigenvalue weighted by Crippen LogP contribution is 2.51. The molecule has 2 aromatic carbocycles. The second-order valence-electron chi connectivity index (χ2n) is 7.57. The summed E-state index contributed by atoms with van der Waals surface area (Å²) >= 11 is 0. The van der Waals surface area contributed by atoms with Crippen LogP contribution in [0.2, 0.25) is 0 Å². The SMILES string of the molecule is C=C(C)C(=O)Nc1cccc2c(OS(=O)(=O)C(F)(F)C(F)(F)C(F)(F)S(=O)(=O)NS(=O)(=O)C(F)(F)F)cccc12. The van der Waals surface area contributed by atoms with Crippen molar-refractivity contribution in [3.05, 3.63) is 48.6 Å². The molecule has 0 fully saturated rings. The Morgan fingerprint density at radius 2 is 1.27 bits per heavy atom. The van der Waals surface area contributed by atoms with Crippen LogP contribution in [-0.2, 0) is 35.0 Å². The number of anilines is 1. The van der Waals surface area contributed by atoms with E-state index in [0.29, 0.717) is 6.07 Å². The van der Waals surface area contributed by atoms with Gasteiger partial charge in [0.15, 0.2) is 5.75 Å². The second kappa shape index (κ2) is 10.1. The minimum atomic E-state index is -7.92. The van der Waals surface area contributed by atoms with Crippen molar-refractivity contribution in [1.82, 2.24) is 4.13 Å². The number of carbonyl (C=O) groups excluding carboxylic acids is 1. The maximum absolute atomic E-state index is 14.4. The molecule has 0 atom stereocenters. The van der Waals surface area contributed by atoms with E-state index in [0.717, 1.165) is 24.3 Å². The molecule has 0 aromatic heterocycles. The van der Waals surface area contributed by atoms with Crippen LogP contribution >= 0.6 is 0 Å². The minimum absolute atomic E-state index is 0.0257. The summed E-state index contributed by atoms with van der Waals surface area (Å²) in [6.07, 6.45) is 0. The van der Waals surface area contributed by atoms with E-state index in [-0.39, 0.29) is 16.6 Å². The molecule has 0 bridgehead atoms. The van der Waals surface area contributed by atoms with Gasteiger partial charge >= 0.3 is 42.1 Å². The van der Waals surface area contributed by atoms with Crippen LogP contribution in [0.4, 0.5) is 45.2 Å². The minimum Gasteiger partial charge on any atom is -0.377 e. The predicted molar refractivity (Wildman–Crippen MR) is 119 cm³/mol. The van der Waals surface area contributed by atoms with Crippen LogP contribution in [0.25, 0.3) is 10.8 Å². The molecule has 2 N–H and O–H groups in total. The van der Waals surface area contributed by atoms with Crippen LogP contribution in [0.5, 0.6) is 5.75 Å². The molecule has 0 unspecified atom stereocenters. The first-order valence-electron chi connectivity index (χ1n) is 9.64. The molecule has 2 aromatic rings. The summed E-state index contributed by atoms with van der Waals surface area (Å²) in [4.78, 5) is 11.9. The molecular weight excluding hydrogens is 639 g/mol. The van der Waals surface area contributed by atoms with Crippen LogP contribution in [0.1, 0.15) is 6.92 Å². The van der Waals surface area contributed by atoms with E-state index in [4.69, 9.17) is 0 Å². The maximum atomic E-state index is 14.4. The Kier molecular flexibility index (Phi) is 8.33. The van der Waals surface area contributed by atoms with E-state index in [1.807, 2.05) is 0 Å². The zero-order valence-electron chi connectivity index (χ0n) is 19.1. The first kappa shape index (κ1) is 33.1. The van der Waals surface area contributed by atoms with Gasteiger partial charge in [-0.05, 0) is 19.1 Å². The largest absolute Gasteiger partial charge is 0.512 e. The predicted octanol–water partition coefficient (Wildman–Crippen LogP) is 3.65. The molecule has 0 radical (unpaired) electrons. The first-order chi connectivity index (χ1) is 17.7. The van der Waals surface area contributed by atoms with E-state index in [1.165, 1.54) is 13.0 Å². The summed E-state index contributed by atoms with van der Waals surface area (Å²) in [5.41, 5.74) is -6.84. The van der Waals surface area contributed by atoms with Crippen molar-refractivity contribution in [3.63, 3.8) is 0 Å². The van der Waals surface area contributed by atoms with Crippen LogP contribution in [0, 0.1) is 0 Å². The Labute approximate surface area is 219 Å². The number of carbonyl (C=O) groups is 1. The molecule has 224 valence electrons. The van der Waals surface area contributed by atoms with Crippen molar-refractivity contribution in [1.29, 1.82) is 0 Å². The maximum Gasteiger partial charge on any atom is 0.512 e. The zero-order chi connectivity index (χ0) is 31.3. The Bertz CT molecular complexity index is 1690. The van der Waals surface area contributed by atoms with Crippen molar-refractivity contribution in [2.24, 2.45) is 0 Å². The van der Waals surface area contributed by atoms with Gasteiger partial charge in [0.25, 0.3) is 15.9 Å². The van der Waals surface area contributed by atoms with E-state index >= 15 is 0 Å². The average molecular weight is 652 g/mol. The van der Waals surface area contributed by atoms with Gasteiger partial charge in [-0.3, -0.25) is 4.79 Å². The van der Waals surface area contributed by atoms with Gasteiger partial charge in [0.1, 0.15) is 0 Å².